The Balaban J connectivity index is 2.51. The number of benzene rings is 1. The van der Waals surface area contributed by atoms with Gasteiger partial charge in [0.05, 0.1) is 8.80 Å². The van der Waals surface area contributed by atoms with Crippen molar-refractivity contribution in [1.82, 2.24) is 0 Å². The SMILES string of the molecule is C[SiH]1CCc2ccccc21. The number of rotatable bonds is 0. The molecule has 1 aromatic carbocycles. The van der Waals surface area contributed by atoms with Gasteiger partial charge in [0.2, 0.25) is 0 Å². The highest BCUT2D eigenvalue weighted by atomic mass is 28.3. The summed E-state index contributed by atoms with van der Waals surface area (Å²) in [7, 11) is -0.447. The number of hydrogen-bond donors (Lipinski definition) is 0. The van der Waals surface area contributed by atoms with Crippen molar-refractivity contribution in [2.75, 3.05) is 0 Å². The van der Waals surface area contributed by atoms with Crippen molar-refractivity contribution in [2.45, 2.75) is 19.0 Å². The monoisotopic (exact) mass is 148 g/mol. The first kappa shape index (κ1) is 6.17. The van der Waals surface area contributed by atoms with Crippen molar-refractivity contribution < 1.29 is 0 Å². The lowest BCUT2D eigenvalue weighted by atomic mass is 10.2. The zero-order valence-corrected chi connectivity index (χ0v) is 7.46. The summed E-state index contributed by atoms with van der Waals surface area (Å²) < 4.78 is 0. The summed E-state index contributed by atoms with van der Waals surface area (Å²) in [5.74, 6) is 0. The van der Waals surface area contributed by atoms with E-state index in [9.17, 15) is 0 Å². The molecule has 0 radical (unpaired) electrons. The Morgan fingerprint density at radius 1 is 1.30 bits per heavy atom. The highest BCUT2D eigenvalue weighted by Gasteiger charge is 2.17. The molecule has 1 atom stereocenters. The first-order valence-corrected chi connectivity index (χ1v) is 6.50. The fraction of sp³-hybridized carbons (Fsp3) is 0.333. The van der Waals surface area contributed by atoms with Crippen LogP contribution in [0.5, 0.6) is 0 Å². The van der Waals surface area contributed by atoms with Gasteiger partial charge in [-0.25, -0.2) is 0 Å². The van der Waals surface area contributed by atoms with E-state index in [-0.39, 0.29) is 0 Å². The fourth-order valence-electron chi connectivity index (χ4n) is 1.77. The van der Waals surface area contributed by atoms with Crippen molar-refractivity contribution in [3.63, 3.8) is 0 Å². The minimum atomic E-state index is -0.447. The van der Waals surface area contributed by atoms with E-state index >= 15 is 0 Å². The maximum Gasteiger partial charge on any atom is 0.0684 e. The van der Waals surface area contributed by atoms with Crippen molar-refractivity contribution in [1.29, 1.82) is 0 Å². The van der Waals surface area contributed by atoms with Gasteiger partial charge in [0.1, 0.15) is 0 Å². The second kappa shape index (κ2) is 2.24. The van der Waals surface area contributed by atoms with Crippen LogP contribution in [-0.2, 0) is 6.42 Å². The van der Waals surface area contributed by atoms with Crippen LogP contribution in [-0.4, -0.2) is 8.80 Å². The fourth-order valence-corrected chi connectivity index (χ4v) is 4.14. The van der Waals surface area contributed by atoms with Gasteiger partial charge in [-0.3, -0.25) is 0 Å². The molecule has 0 nitrogen and oxygen atoms in total. The van der Waals surface area contributed by atoms with E-state index < -0.39 is 8.80 Å². The van der Waals surface area contributed by atoms with Gasteiger partial charge in [-0.15, -0.1) is 0 Å². The molecule has 1 heteroatoms. The lowest BCUT2D eigenvalue weighted by Crippen LogP contribution is -2.21. The van der Waals surface area contributed by atoms with Crippen molar-refractivity contribution in [3.05, 3.63) is 29.8 Å². The smallest absolute Gasteiger partial charge is 0.0680 e. The van der Waals surface area contributed by atoms with E-state index in [1.807, 2.05) is 0 Å². The molecule has 0 aliphatic carbocycles. The van der Waals surface area contributed by atoms with Crippen molar-refractivity contribution in [2.24, 2.45) is 0 Å². The highest BCUT2D eigenvalue weighted by molar-refractivity contribution is 6.73. The van der Waals surface area contributed by atoms with Crippen molar-refractivity contribution in [3.8, 4) is 0 Å². The molecule has 0 bridgehead atoms. The maximum atomic E-state index is 2.45. The molecule has 0 saturated carbocycles. The van der Waals surface area contributed by atoms with Crippen LogP contribution in [0, 0.1) is 0 Å². The summed E-state index contributed by atoms with van der Waals surface area (Å²) in [6.07, 6.45) is 1.35. The Kier molecular flexibility index (Phi) is 1.38. The largest absolute Gasteiger partial charge is 0.0684 e. The molecule has 2 rings (SSSR count). The average Bonchev–Trinajstić information content (AvgIpc) is 2.34. The molecule has 1 aliphatic heterocycles. The van der Waals surface area contributed by atoms with Gasteiger partial charge in [-0.1, -0.05) is 42.0 Å². The Bertz CT molecular complexity index is 242. The van der Waals surface area contributed by atoms with Crippen LogP contribution in [0.4, 0.5) is 0 Å². The predicted molar refractivity (Wildman–Crippen MR) is 47.6 cm³/mol. The molecule has 0 saturated heterocycles. The van der Waals surface area contributed by atoms with Crippen LogP contribution in [0.2, 0.25) is 12.6 Å². The third-order valence-corrected chi connectivity index (χ3v) is 5.21. The molecule has 10 heavy (non-hydrogen) atoms. The van der Waals surface area contributed by atoms with Gasteiger partial charge in [0.15, 0.2) is 0 Å². The van der Waals surface area contributed by atoms with E-state index in [4.69, 9.17) is 0 Å². The topological polar surface area (TPSA) is 0 Å². The second-order valence-corrected chi connectivity index (χ2v) is 6.14. The minimum Gasteiger partial charge on any atom is -0.0680 e. The van der Waals surface area contributed by atoms with Gasteiger partial charge < -0.3 is 0 Å². The third-order valence-electron chi connectivity index (χ3n) is 2.43. The van der Waals surface area contributed by atoms with Gasteiger partial charge in [0.25, 0.3) is 0 Å². The maximum absolute atomic E-state index is 2.45. The van der Waals surface area contributed by atoms with E-state index in [0.717, 1.165) is 0 Å². The summed E-state index contributed by atoms with van der Waals surface area (Å²) in [6.45, 7) is 2.45. The molecule has 0 fully saturated rings. The van der Waals surface area contributed by atoms with Gasteiger partial charge >= 0.3 is 0 Å². The van der Waals surface area contributed by atoms with E-state index in [0.29, 0.717) is 0 Å². The number of aryl methyl sites for hydroxylation is 1. The van der Waals surface area contributed by atoms with Crippen LogP contribution < -0.4 is 5.19 Å². The Labute approximate surface area is 63.5 Å². The zero-order chi connectivity index (χ0) is 6.97. The lowest BCUT2D eigenvalue weighted by Gasteiger charge is -1.99. The first-order valence-electron chi connectivity index (χ1n) is 3.96. The van der Waals surface area contributed by atoms with E-state index in [1.165, 1.54) is 12.5 Å². The number of fused-ring (bicyclic) bond motifs is 1. The summed E-state index contributed by atoms with van der Waals surface area (Å²) in [5.41, 5.74) is 1.63. The summed E-state index contributed by atoms with van der Waals surface area (Å²) in [6, 6.07) is 10.4. The third kappa shape index (κ3) is 0.816. The lowest BCUT2D eigenvalue weighted by molar-refractivity contribution is 1.17. The van der Waals surface area contributed by atoms with E-state index in [1.54, 1.807) is 10.8 Å². The molecular weight excluding hydrogens is 136 g/mol. The van der Waals surface area contributed by atoms with Crippen LogP contribution in [0.15, 0.2) is 24.3 Å². The highest BCUT2D eigenvalue weighted by Crippen LogP contribution is 2.12. The molecule has 0 spiro atoms. The van der Waals surface area contributed by atoms with Crippen LogP contribution in [0.25, 0.3) is 0 Å². The summed E-state index contributed by atoms with van der Waals surface area (Å²) >= 11 is 0. The van der Waals surface area contributed by atoms with E-state index in [2.05, 4.69) is 30.8 Å². The van der Waals surface area contributed by atoms with Crippen LogP contribution >= 0.6 is 0 Å². The predicted octanol–water partition coefficient (Wildman–Crippen LogP) is 1.31. The molecule has 1 aromatic rings. The summed E-state index contributed by atoms with van der Waals surface area (Å²) in [5, 5.41) is 1.71. The van der Waals surface area contributed by atoms with Crippen LogP contribution in [0.3, 0.4) is 0 Å². The van der Waals surface area contributed by atoms with Gasteiger partial charge in [-0.2, -0.15) is 0 Å². The van der Waals surface area contributed by atoms with Crippen LogP contribution in [0.1, 0.15) is 5.56 Å². The standard InChI is InChI=1S/C9H12Si/c1-10-7-6-8-4-2-3-5-9(8)10/h2-5,10H,6-7H2,1H3. The quantitative estimate of drug-likeness (QED) is 0.487. The molecular formula is C9H12Si. The Hall–Kier alpha value is -0.563. The van der Waals surface area contributed by atoms with Gasteiger partial charge in [-0.05, 0) is 12.0 Å². The normalized spacial score (nSPS) is 22.7. The molecule has 0 amide bonds. The number of hydrogen-bond acceptors (Lipinski definition) is 0. The first-order chi connectivity index (χ1) is 4.88. The van der Waals surface area contributed by atoms with Crippen molar-refractivity contribution >= 4 is 14.0 Å². The second-order valence-electron chi connectivity index (χ2n) is 3.14. The molecule has 1 unspecified atom stereocenters. The Morgan fingerprint density at radius 2 is 2.10 bits per heavy atom. The molecule has 52 valence electrons. The molecule has 0 N–H and O–H groups in total. The van der Waals surface area contributed by atoms with Gasteiger partial charge in [0, 0.05) is 0 Å². The zero-order valence-electron chi connectivity index (χ0n) is 6.30. The average molecular weight is 148 g/mol. The summed E-state index contributed by atoms with van der Waals surface area (Å²) in [4.78, 5) is 0. The Morgan fingerprint density at radius 3 is 2.90 bits per heavy atom. The molecule has 0 aromatic heterocycles. The molecule has 1 aliphatic rings. The minimum absolute atomic E-state index is 0.447. The molecule has 1 heterocycles.